The Hall–Kier alpha value is -0.830. The zero-order valence-electron chi connectivity index (χ0n) is 8.56. The second kappa shape index (κ2) is 2.85. The summed E-state index contributed by atoms with van der Waals surface area (Å²) in [5, 5.41) is 2.99. The third-order valence-electron chi connectivity index (χ3n) is 3.70. The molecule has 15 heavy (non-hydrogen) atoms. The van der Waals surface area contributed by atoms with Crippen LogP contribution in [0.2, 0.25) is 0 Å². The molecule has 1 amide bonds. The van der Waals surface area contributed by atoms with E-state index >= 15 is 0 Å². The maximum atomic E-state index is 11.9. The Bertz CT molecular complexity index is 463. The van der Waals surface area contributed by atoms with Gasteiger partial charge in [0.25, 0.3) is 0 Å². The molecule has 2 aliphatic rings. The highest BCUT2D eigenvalue weighted by atomic mass is 79.9. The summed E-state index contributed by atoms with van der Waals surface area (Å²) in [6.07, 6.45) is 3.18. The molecule has 1 saturated carbocycles. The molecule has 1 aliphatic heterocycles. The highest BCUT2D eigenvalue weighted by molar-refractivity contribution is 9.10. The van der Waals surface area contributed by atoms with Crippen molar-refractivity contribution in [3.05, 3.63) is 27.7 Å². The molecule has 1 heterocycles. The first-order chi connectivity index (χ1) is 7.13. The van der Waals surface area contributed by atoms with Gasteiger partial charge in [-0.3, -0.25) is 4.79 Å². The second-order valence-corrected chi connectivity index (χ2v) is 5.39. The fraction of sp³-hybridized carbons (Fsp3) is 0.417. The molecule has 1 aromatic carbocycles. The van der Waals surface area contributed by atoms with Crippen molar-refractivity contribution in [2.45, 2.75) is 31.6 Å². The lowest BCUT2D eigenvalue weighted by Crippen LogP contribution is -2.40. The van der Waals surface area contributed by atoms with E-state index in [1.165, 1.54) is 17.5 Å². The Morgan fingerprint density at radius 2 is 2.13 bits per heavy atom. The molecule has 1 spiro atoms. The van der Waals surface area contributed by atoms with Crippen molar-refractivity contribution >= 4 is 27.5 Å². The number of carbonyl (C=O) groups excluding carboxylic acids is 1. The summed E-state index contributed by atoms with van der Waals surface area (Å²) in [5.74, 6) is 0.196. The molecular weight excluding hydrogens is 254 g/mol. The molecule has 0 atom stereocenters. The van der Waals surface area contributed by atoms with Gasteiger partial charge in [0, 0.05) is 10.2 Å². The molecule has 78 valence electrons. The van der Waals surface area contributed by atoms with Gasteiger partial charge in [-0.1, -0.05) is 28.4 Å². The van der Waals surface area contributed by atoms with Crippen LogP contribution in [0.25, 0.3) is 0 Å². The number of anilines is 1. The Balaban J connectivity index is 2.21. The van der Waals surface area contributed by atoms with Crippen LogP contribution in [-0.2, 0) is 10.2 Å². The fourth-order valence-electron chi connectivity index (χ4n) is 2.57. The van der Waals surface area contributed by atoms with Crippen molar-refractivity contribution in [1.29, 1.82) is 0 Å². The van der Waals surface area contributed by atoms with Crippen LogP contribution in [0.3, 0.4) is 0 Å². The molecular formula is C12H12BrNO. The number of nitrogens with one attached hydrogen (secondary N) is 1. The van der Waals surface area contributed by atoms with Gasteiger partial charge in [-0.15, -0.1) is 0 Å². The van der Waals surface area contributed by atoms with Crippen LogP contribution in [0.15, 0.2) is 16.6 Å². The van der Waals surface area contributed by atoms with E-state index in [-0.39, 0.29) is 11.3 Å². The standard InChI is InChI=1S/C12H12BrNO/c1-7-5-8-10(6-9(7)13)14-11(15)12(8)3-2-4-12/h5-6H,2-4H2,1H3,(H,14,15). The zero-order valence-corrected chi connectivity index (χ0v) is 10.1. The third kappa shape index (κ3) is 1.07. The van der Waals surface area contributed by atoms with E-state index in [9.17, 15) is 4.79 Å². The van der Waals surface area contributed by atoms with Gasteiger partial charge in [0.2, 0.25) is 5.91 Å². The molecule has 2 nitrogen and oxygen atoms in total. The molecule has 1 aromatic rings. The molecule has 0 saturated heterocycles. The number of fused-ring (bicyclic) bond motifs is 2. The number of hydrogen-bond donors (Lipinski definition) is 1. The number of rotatable bonds is 0. The summed E-state index contributed by atoms with van der Waals surface area (Å²) in [5.41, 5.74) is 3.23. The van der Waals surface area contributed by atoms with E-state index in [0.29, 0.717) is 0 Å². The predicted octanol–water partition coefficient (Wildman–Crippen LogP) is 3.13. The number of halogens is 1. The molecule has 1 fully saturated rings. The lowest BCUT2D eigenvalue weighted by molar-refractivity contribution is -0.123. The van der Waals surface area contributed by atoms with Crippen LogP contribution in [0.4, 0.5) is 5.69 Å². The van der Waals surface area contributed by atoms with Crippen molar-refractivity contribution < 1.29 is 4.79 Å². The minimum absolute atomic E-state index is 0.180. The number of amides is 1. The van der Waals surface area contributed by atoms with Crippen molar-refractivity contribution in [3.63, 3.8) is 0 Å². The average molecular weight is 266 g/mol. The van der Waals surface area contributed by atoms with Crippen molar-refractivity contribution in [1.82, 2.24) is 0 Å². The number of benzene rings is 1. The van der Waals surface area contributed by atoms with E-state index in [2.05, 4.69) is 34.2 Å². The van der Waals surface area contributed by atoms with Gasteiger partial charge < -0.3 is 5.32 Å². The SMILES string of the molecule is Cc1cc2c(cc1Br)NC(=O)C21CCC1. The number of aryl methyl sites for hydroxylation is 1. The van der Waals surface area contributed by atoms with Crippen LogP contribution < -0.4 is 5.32 Å². The summed E-state index contributed by atoms with van der Waals surface area (Å²) < 4.78 is 1.07. The maximum Gasteiger partial charge on any atom is 0.235 e. The van der Waals surface area contributed by atoms with Crippen LogP contribution >= 0.6 is 15.9 Å². The Morgan fingerprint density at radius 1 is 1.40 bits per heavy atom. The zero-order chi connectivity index (χ0) is 10.6. The molecule has 0 radical (unpaired) electrons. The Kier molecular flexibility index (Phi) is 1.78. The highest BCUT2D eigenvalue weighted by Crippen LogP contribution is 2.51. The van der Waals surface area contributed by atoms with Crippen molar-refractivity contribution in [3.8, 4) is 0 Å². The lowest BCUT2D eigenvalue weighted by Gasteiger charge is -2.36. The Labute approximate surface area is 97.2 Å². The number of hydrogen-bond acceptors (Lipinski definition) is 1. The summed E-state index contributed by atoms with van der Waals surface area (Å²) in [6, 6.07) is 4.17. The van der Waals surface area contributed by atoms with Crippen molar-refractivity contribution in [2.75, 3.05) is 5.32 Å². The molecule has 0 unspecified atom stereocenters. The smallest absolute Gasteiger partial charge is 0.235 e. The minimum Gasteiger partial charge on any atom is -0.325 e. The van der Waals surface area contributed by atoms with Gasteiger partial charge >= 0.3 is 0 Å². The van der Waals surface area contributed by atoms with Gasteiger partial charge in [0.05, 0.1) is 5.41 Å². The highest BCUT2D eigenvalue weighted by Gasteiger charge is 2.51. The molecule has 1 N–H and O–H groups in total. The predicted molar refractivity (Wildman–Crippen MR) is 63.0 cm³/mol. The van der Waals surface area contributed by atoms with Gasteiger partial charge in [0.15, 0.2) is 0 Å². The first-order valence-electron chi connectivity index (χ1n) is 5.25. The molecule has 0 aromatic heterocycles. The number of carbonyl (C=O) groups is 1. The van der Waals surface area contributed by atoms with E-state index in [1.807, 2.05) is 6.07 Å². The minimum atomic E-state index is -0.180. The summed E-state index contributed by atoms with van der Waals surface area (Å²) in [7, 11) is 0. The fourth-order valence-corrected chi connectivity index (χ4v) is 2.92. The molecule has 3 rings (SSSR count). The monoisotopic (exact) mass is 265 g/mol. The van der Waals surface area contributed by atoms with Gasteiger partial charge in [-0.25, -0.2) is 0 Å². The molecule has 3 heteroatoms. The van der Waals surface area contributed by atoms with E-state index in [4.69, 9.17) is 0 Å². The molecule has 1 aliphatic carbocycles. The van der Waals surface area contributed by atoms with Gasteiger partial charge in [0.1, 0.15) is 0 Å². The van der Waals surface area contributed by atoms with Crippen molar-refractivity contribution in [2.24, 2.45) is 0 Å². The average Bonchev–Trinajstić information content (AvgIpc) is 2.37. The third-order valence-corrected chi connectivity index (χ3v) is 4.56. The first kappa shape index (κ1) is 9.40. The summed E-state index contributed by atoms with van der Waals surface area (Å²) >= 11 is 3.49. The first-order valence-corrected chi connectivity index (χ1v) is 6.05. The van der Waals surface area contributed by atoms with E-state index in [1.54, 1.807) is 0 Å². The van der Waals surface area contributed by atoms with Crippen LogP contribution in [0.5, 0.6) is 0 Å². The topological polar surface area (TPSA) is 29.1 Å². The summed E-state index contributed by atoms with van der Waals surface area (Å²) in [4.78, 5) is 11.9. The largest absolute Gasteiger partial charge is 0.325 e. The van der Waals surface area contributed by atoms with E-state index < -0.39 is 0 Å². The Morgan fingerprint density at radius 3 is 2.73 bits per heavy atom. The van der Waals surface area contributed by atoms with Crippen LogP contribution in [-0.4, -0.2) is 5.91 Å². The summed E-state index contributed by atoms with van der Waals surface area (Å²) in [6.45, 7) is 2.07. The maximum absolute atomic E-state index is 11.9. The normalized spacial score (nSPS) is 21.1. The van der Waals surface area contributed by atoms with Crippen LogP contribution in [0.1, 0.15) is 30.4 Å². The van der Waals surface area contributed by atoms with Gasteiger partial charge in [-0.2, -0.15) is 0 Å². The van der Waals surface area contributed by atoms with Gasteiger partial charge in [-0.05, 0) is 37.0 Å². The molecule has 0 bridgehead atoms. The lowest BCUT2D eigenvalue weighted by atomic mass is 9.65. The quantitative estimate of drug-likeness (QED) is 0.768. The van der Waals surface area contributed by atoms with E-state index in [0.717, 1.165) is 23.0 Å². The second-order valence-electron chi connectivity index (χ2n) is 4.54. The van der Waals surface area contributed by atoms with Crippen LogP contribution in [0, 0.1) is 6.92 Å².